The maximum absolute atomic E-state index is 14.2. The third-order valence-corrected chi connectivity index (χ3v) is 5.73. The zero-order chi connectivity index (χ0) is 22.3. The molecule has 0 aliphatic carbocycles. The van der Waals surface area contributed by atoms with E-state index in [1.54, 1.807) is 31.2 Å². The van der Waals surface area contributed by atoms with Gasteiger partial charge in [-0.1, -0.05) is 35.9 Å². The van der Waals surface area contributed by atoms with Crippen molar-refractivity contribution in [2.24, 2.45) is 0 Å². The van der Waals surface area contributed by atoms with E-state index in [0.29, 0.717) is 16.1 Å². The van der Waals surface area contributed by atoms with Gasteiger partial charge in [0.2, 0.25) is 11.8 Å². The molecule has 162 valence electrons. The van der Waals surface area contributed by atoms with Gasteiger partial charge in [-0.15, -0.1) is 11.8 Å². The average Bonchev–Trinajstić information content (AvgIpc) is 2.68. The topological polar surface area (TPSA) is 49.4 Å². The molecule has 30 heavy (non-hydrogen) atoms. The van der Waals surface area contributed by atoms with Crippen LogP contribution in [0.4, 0.5) is 8.78 Å². The quantitative estimate of drug-likeness (QED) is 0.592. The van der Waals surface area contributed by atoms with Crippen LogP contribution in [0.25, 0.3) is 0 Å². The Balaban J connectivity index is 2.13. The molecule has 0 heterocycles. The highest BCUT2D eigenvalue weighted by atomic mass is 35.5. The molecule has 1 atom stereocenters. The van der Waals surface area contributed by atoms with Crippen LogP contribution in [0.15, 0.2) is 42.5 Å². The molecule has 0 unspecified atom stereocenters. The van der Waals surface area contributed by atoms with E-state index in [1.165, 1.54) is 34.9 Å². The Morgan fingerprint density at radius 2 is 1.73 bits per heavy atom. The molecule has 2 aromatic carbocycles. The van der Waals surface area contributed by atoms with Crippen molar-refractivity contribution < 1.29 is 18.4 Å². The van der Waals surface area contributed by atoms with E-state index < -0.39 is 17.7 Å². The lowest BCUT2D eigenvalue weighted by Gasteiger charge is -2.29. The molecule has 2 amide bonds. The van der Waals surface area contributed by atoms with E-state index in [4.69, 9.17) is 11.6 Å². The molecule has 0 bridgehead atoms. The van der Waals surface area contributed by atoms with Crippen LogP contribution >= 0.6 is 23.4 Å². The molecule has 0 saturated heterocycles. The molecular weight excluding hydrogens is 430 g/mol. The van der Waals surface area contributed by atoms with Gasteiger partial charge in [0.15, 0.2) is 0 Å². The molecule has 0 aliphatic rings. The van der Waals surface area contributed by atoms with E-state index in [1.807, 2.05) is 13.8 Å². The van der Waals surface area contributed by atoms with Crippen molar-refractivity contribution in [2.75, 3.05) is 5.75 Å². The second-order valence-electron chi connectivity index (χ2n) is 7.15. The number of carbonyl (C=O) groups excluding carboxylic acids is 2. The summed E-state index contributed by atoms with van der Waals surface area (Å²) in [6.45, 7) is 5.21. The lowest BCUT2D eigenvalue weighted by molar-refractivity contribution is -0.138. The normalized spacial score (nSPS) is 12.0. The SMILES string of the molecule is CC(C)NC(=O)[C@H](C)N(Cc1ccccc1F)C(=O)CSCc1c(F)cccc1Cl. The Kier molecular flexibility index (Phi) is 9.11. The maximum atomic E-state index is 14.2. The van der Waals surface area contributed by atoms with Crippen LogP contribution in [0.3, 0.4) is 0 Å². The van der Waals surface area contributed by atoms with Crippen LogP contribution in [0.5, 0.6) is 0 Å². The minimum Gasteiger partial charge on any atom is -0.352 e. The van der Waals surface area contributed by atoms with Gasteiger partial charge < -0.3 is 10.2 Å². The second kappa shape index (κ2) is 11.3. The van der Waals surface area contributed by atoms with E-state index in [-0.39, 0.29) is 35.9 Å². The third-order valence-electron chi connectivity index (χ3n) is 4.43. The highest BCUT2D eigenvalue weighted by Gasteiger charge is 2.27. The molecule has 0 fully saturated rings. The summed E-state index contributed by atoms with van der Waals surface area (Å²) in [5.41, 5.74) is 0.639. The van der Waals surface area contributed by atoms with Crippen molar-refractivity contribution in [3.8, 4) is 0 Å². The molecule has 2 rings (SSSR count). The van der Waals surface area contributed by atoms with Crippen molar-refractivity contribution in [3.05, 3.63) is 70.2 Å². The minimum absolute atomic E-state index is 0.00157. The largest absolute Gasteiger partial charge is 0.352 e. The summed E-state index contributed by atoms with van der Waals surface area (Å²) in [5.74, 6) is -1.35. The van der Waals surface area contributed by atoms with E-state index >= 15 is 0 Å². The lowest BCUT2D eigenvalue weighted by Crippen LogP contribution is -2.49. The molecule has 0 spiro atoms. The number of nitrogens with one attached hydrogen (secondary N) is 1. The van der Waals surface area contributed by atoms with Crippen molar-refractivity contribution in [1.29, 1.82) is 0 Å². The number of benzene rings is 2. The summed E-state index contributed by atoms with van der Waals surface area (Å²) in [7, 11) is 0. The highest BCUT2D eigenvalue weighted by Crippen LogP contribution is 2.24. The van der Waals surface area contributed by atoms with Crippen molar-refractivity contribution in [1.82, 2.24) is 10.2 Å². The van der Waals surface area contributed by atoms with Crippen LogP contribution in [0.2, 0.25) is 5.02 Å². The Labute approximate surface area is 185 Å². The zero-order valence-electron chi connectivity index (χ0n) is 17.1. The number of nitrogens with zero attached hydrogens (tertiary/aromatic N) is 1. The fourth-order valence-electron chi connectivity index (χ4n) is 2.79. The summed E-state index contributed by atoms with van der Waals surface area (Å²) < 4.78 is 28.1. The van der Waals surface area contributed by atoms with Crippen LogP contribution in [-0.4, -0.2) is 34.6 Å². The number of carbonyl (C=O) groups is 2. The van der Waals surface area contributed by atoms with E-state index in [2.05, 4.69) is 5.32 Å². The summed E-state index contributed by atoms with van der Waals surface area (Å²) in [6, 6.07) is 9.66. The predicted molar refractivity (Wildman–Crippen MR) is 117 cm³/mol. The van der Waals surface area contributed by atoms with E-state index in [9.17, 15) is 18.4 Å². The van der Waals surface area contributed by atoms with Gasteiger partial charge in [-0.05, 0) is 39.0 Å². The Morgan fingerprint density at radius 3 is 2.37 bits per heavy atom. The molecule has 4 nitrogen and oxygen atoms in total. The Bertz CT molecular complexity index is 875. The van der Waals surface area contributed by atoms with Crippen LogP contribution in [0, 0.1) is 11.6 Å². The van der Waals surface area contributed by atoms with Gasteiger partial charge in [0, 0.05) is 34.5 Å². The summed E-state index contributed by atoms with van der Waals surface area (Å²) in [4.78, 5) is 26.8. The lowest BCUT2D eigenvalue weighted by atomic mass is 10.1. The number of hydrogen-bond donors (Lipinski definition) is 1. The molecule has 1 N–H and O–H groups in total. The third kappa shape index (κ3) is 6.71. The highest BCUT2D eigenvalue weighted by molar-refractivity contribution is 7.99. The van der Waals surface area contributed by atoms with Crippen LogP contribution in [-0.2, 0) is 21.9 Å². The molecule has 0 aliphatic heterocycles. The first-order valence-corrected chi connectivity index (χ1v) is 11.1. The second-order valence-corrected chi connectivity index (χ2v) is 8.54. The molecule has 0 aromatic heterocycles. The number of hydrogen-bond acceptors (Lipinski definition) is 3. The summed E-state index contributed by atoms with van der Waals surface area (Å²) in [6.07, 6.45) is 0. The number of rotatable bonds is 9. The van der Waals surface area contributed by atoms with Gasteiger partial charge in [0.25, 0.3) is 0 Å². The van der Waals surface area contributed by atoms with Crippen LogP contribution < -0.4 is 5.32 Å². The first-order chi connectivity index (χ1) is 14.2. The Morgan fingerprint density at radius 1 is 1.07 bits per heavy atom. The van der Waals surface area contributed by atoms with Gasteiger partial charge in [-0.25, -0.2) is 8.78 Å². The molecule has 2 aromatic rings. The number of amides is 2. The first-order valence-electron chi connectivity index (χ1n) is 9.54. The van der Waals surface area contributed by atoms with Gasteiger partial charge in [-0.3, -0.25) is 9.59 Å². The predicted octanol–water partition coefficient (Wildman–Crippen LogP) is 4.79. The van der Waals surface area contributed by atoms with Gasteiger partial charge in [0.05, 0.1) is 5.75 Å². The monoisotopic (exact) mass is 454 g/mol. The fourth-order valence-corrected chi connectivity index (χ4v) is 4.04. The molecular formula is C22H25ClF2N2O2S. The van der Waals surface area contributed by atoms with Crippen molar-refractivity contribution >= 4 is 35.2 Å². The van der Waals surface area contributed by atoms with Gasteiger partial charge in [-0.2, -0.15) is 0 Å². The van der Waals surface area contributed by atoms with Crippen molar-refractivity contribution in [3.63, 3.8) is 0 Å². The Hall–Kier alpha value is -2.12. The molecule has 0 saturated carbocycles. The van der Waals surface area contributed by atoms with E-state index in [0.717, 1.165) is 0 Å². The van der Waals surface area contributed by atoms with Gasteiger partial charge in [0.1, 0.15) is 17.7 Å². The number of thioether (sulfide) groups is 1. The maximum Gasteiger partial charge on any atom is 0.242 e. The average molecular weight is 455 g/mol. The fraction of sp³-hybridized carbons (Fsp3) is 0.364. The first kappa shape index (κ1) is 24.2. The molecule has 8 heteroatoms. The van der Waals surface area contributed by atoms with Crippen LogP contribution in [0.1, 0.15) is 31.9 Å². The summed E-state index contributed by atoms with van der Waals surface area (Å²) in [5, 5.41) is 3.07. The smallest absolute Gasteiger partial charge is 0.242 e. The molecule has 0 radical (unpaired) electrons. The van der Waals surface area contributed by atoms with Crippen molar-refractivity contribution in [2.45, 2.75) is 45.2 Å². The minimum atomic E-state index is -0.794. The zero-order valence-corrected chi connectivity index (χ0v) is 18.7. The summed E-state index contributed by atoms with van der Waals surface area (Å²) >= 11 is 7.22. The number of halogens is 3. The standard InChI is InChI=1S/C22H25ClF2N2O2S/c1-14(2)26-22(29)15(3)27(11-16-7-4-5-9-19(16)24)21(28)13-30-12-17-18(23)8-6-10-20(17)25/h4-10,14-15H,11-13H2,1-3H3,(H,26,29)/t15-/m0/s1. The van der Waals surface area contributed by atoms with Gasteiger partial charge >= 0.3 is 0 Å².